The Kier molecular flexibility index (Phi) is 4.90. The summed E-state index contributed by atoms with van der Waals surface area (Å²) in [5.41, 5.74) is 0. The lowest BCUT2D eigenvalue weighted by molar-refractivity contribution is 0.0504. The number of piperidine rings is 1. The Morgan fingerprint density at radius 2 is 1.95 bits per heavy atom. The maximum atomic E-state index is 11.8. The molecule has 0 saturated carbocycles. The molecule has 0 bridgehead atoms. The summed E-state index contributed by atoms with van der Waals surface area (Å²) in [6.07, 6.45) is 3.87. The van der Waals surface area contributed by atoms with Crippen molar-refractivity contribution >= 4 is 5.97 Å². The van der Waals surface area contributed by atoms with E-state index in [1.165, 1.54) is 19.3 Å². The summed E-state index contributed by atoms with van der Waals surface area (Å²) in [5.74, 6) is 0.693. The van der Waals surface area contributed by atoms with E-state index >= 15 is 0 Å². The number of likely N-dealkylation sites (tertiary alicyclic amines) is 1. The molecule has 19 heavy (non-hydrogen) atoms. The van der Waals surface area contributed by atoms with Gasteiger partial charge in [0.25, 0.3) is 0 Å². The third kappa shape index (κ3) is 3.53. The molecule has 1 aliphatic heterocycles. The van der Waals surface area contributed by atoms with Crippen molar-refractivity contribution in [3.63, 3.8) is 0 Å². The molecule has 2 heterocycles. The summed E-state index contributed by atoms with van der Waals surface area (Å²) >= 11 is 0. The Bertz CT molecular complexity index is 424. The lowest BCUT2D eigenvalue weighted by atomic mass is 10.1. The van der Waals surface area contributed by atoms with Crippen molar-refractivity contribution in [1.29, 1.82) is 0 Å². The zero-order valence-corrected chi connectivity index (χ0v) is 11.8. The van der Waals surface area contributed by atoms with Crippen LogP contribution in [0.4, 0.5) is 0 Å². The van der Waals surface area contributed by atoms with Crippen molar-refractivity contribution in [2.45, 2.75) is 39.7 Å². The fraction of sp³-hybridized carbons (Fsp3) is 0.769. The van der Waals surface area contributed by atoms with Gasteiger partial charge >= 0.3 is 5.97 Å². The van der Waals surface area contributed by atoms with Crippen LogP contribution in [-0.2, 0) is 11.3 Å². The Balaban J connectivity index is 1.98. The Hall–Kier alpha value is -1.43. The predicted octanol–water partition coefficient (Wildman–Crippen LogP) is 1.25. The molecular weight excluding hydrogens is 244 g/mol. The van der Waals surface area contributed by atoms with Gasteiger partial charge in [0.1, 0.15) is 5.82 Å². The first-order chi connectivity index (χ1) is 9.22. The number of rotatable bonds is 5. The molecule has 1 fully saturated rings. The quantitative estimate of drug-likeness (QED) is 0.751. The number of nitrogens with zero attached hydrogens (tertiary/aromatic N) is 4. The SMILES string of the molecule is CCOC(=O)c1nnc(C)n1CCN1CCCCC1. The number of carbonyl (C=O) groups is 1. The number of hydrogen-bond donors (Lipinski definition) is 0. The van der Waals surface area contributed by atoms with Gasteiger partial charge in [-0.15, -0.1) is 10.2 Å². The fourth-order valence-corrected chi connectivity index (χ4v) is 2.42. The van der Waals surface area contributed by atoms with E-state index in [1.54, 1.807) is 6.92 Å². The molecule has 1 aromatic heterocycles. The molecule has 0 spiro atoms. The minimum absolute atomic E-state index is 0.316. The molecule has 0 amide bonds. The third-order valence-electron chi connectivity index (χ3n) is 3.48. The van der Waals surface area contributed by atoms with Crippen molar-refractivity contribution in [1.82, 2.24) is 19.7 Å². The average molecular weight is 266 g/mol. The number of hydrogen-bond acceptors (Lipinski definition) is 5. The topological polar surface area (TPSA) is 60.2 Å². The highest BCUT2D eigenvalue weighted by Crippen LogP contribution is 2.10. The van der Waals surface area contributed by atoms with Crippen LogP contribution < -0.4 is 0 Å². The molecule has 0 atom stereocenters. The summed E-state index contributed by atoms with van der Waals surface area (Å²) in [4.78, 5) is 14.2. The van der Waals surface area contributed by atoms with E-state index < -0.39 is 0 Å². The maximum Gasteiger partial charge on any atom is 0.376 e. The van der Waals surface area contributed by atoms with Gasteiger partial charge in [0.2, 0.25) is 5.82 Å². The van der Waals surface area contributed by atoms with Crippen LogP contribution >= 0.6 is 0 Å². The average Bonchev–Trinajstić information content (AvgIpc) is 2.79. The second-order valence-electron chi connectivity index (χ2n) is 4.85. The largest absolute Gasteiger partial charge is 0.460 e. The molecule has 0 radical (unpaired) electrons. The lowest BCUT2D eigenvalue weighted by Crippen LogP contribution is -2.33. The van der Waals surface area contributed by atoms with Crippen LogP contribution in [0, 0.1) is 6.92 Å². The van der Waals surface area contributed by atoms with Crippen LogP contribution in [0.2, 0.25) is 0 Å². The van der Waals surface area contributed by atoms with E-state index in [4.69, 9.17) is 4.74 Å². The molecule has 0 unspecified atom stereocenters. The molecule has 106 valence electrons. The van der Waals surface area contributed by atoms with E-state index in [-0.39, 0.29) is 5.97 Å². The van der Waals surface area contributed by atoms with Crippen LogP contribution in [0.1, 0.15) is 42.6 Å². The van der Waals surface area contributed by atoms with Crippen molar-refractivity contribution < 1.29 is 9.53 Å². The summed E-state index contributed by atoms with van der Waals surface area (Å²) in [6.45, 7) is 7.99. The smallest absolute Gasteiger partial charge is 0.376 e. The second kappa shape index (κ2) is 6.65. The molecular formula is C13H22N4O2. The predicted molar refractivity (Wildman–Crippen MR) is 71.0 cm³/mol. The minimum atomic E-state index is -0.387. The van der Waals surface area contributed by atoms with Crippen molar-refractivity contribution in [3.05, 3.63) is 11.6 Å². The van der Waals surface area contributed by atoms with Gasteiger partial charge in [0.05, 0.1) is 6.61 Å². The molecule has 1 aromatic rings. The molecule has 0 aromatic carbocycles. The van der Waals surface area contributed by atoms with Gasteiger partial charge in [0.15, 0.2) is 0 Å². The number of aromatic nitrogens is 3. The van der Waals surface area contributed by atoms with Gasteiger partial charge in [0, 0.05) is 13.1 Å². The molecule has 0 aliphatic carbocycles. The van der Waals surface area contributed by atoms with Crippen LogP contribution in [0.5, 0.6) is 0 Å². The standard InChI is InChI=1S/C13H22N4O2/c1-3-19-13(18)12-15-14-11(2)17(12)10-9-16-7-5-4-6-8-16/h3-10H2,1-2H3. The summed E-state index contributed by atoms with van der Waals surface area (Å²) in [5, 5.41) is 7.90. The van der Waals surface area contributed by atoms with Gasteiger partial charge in [-0.3, -0.25) is 0 Å². The molecule has 0 N–H and O–H groups in total. The normalized spacial score (nSPS) is 16.5. The van der Waals surface area contributed by atoms with Crippen molar-refractivity contribution in [3.8, 4) is 0 Å². The van der Waals surface area contributed by atoms with Gasteiger partial charge in [-0.2, -0.15) is 0 Å². The summed E-state index contributed by atoms with van der Waals surface area (Å²) < 4.78 is 6.85. The van der Waals surface area contributed by atoms with Crippen molar-refractivity contribution in [2.75, 3.05) is 26.2 Å². The van der Waals surface area contributed by atoms with Crippen molar-refractivity contribution in [2.24, 2.45) is 0 Å². The van der Waals surface area contributed by atoms with E-state index in [1.807, 2.05) is 11.5 Å². The first-order valence-electron chi connectivity index (χ1n) is 7.01. The monoisotopic (exact) mass is 266 g/mol. The Morgan fingerprint density at radius 3 is 2.63 bits per heavy atom. The maximum absolute atomic E-state index is 11.8. The Labute approximate surface area is 113 Å². The summed E-state index contributed by atoms with van der Waals surface area (Å²) in [6, 6.07) is 0. The number of ether oxygens (including phenoxy) is 1. The van der Waals surface area contributed by atoms with Crippen LogP contribution in [0.3, 0.4) is 0 Å². The minimum Gasteiger partial charge on any atom is -0.460 e. The Morgan fingerprint density at radius 1 is 1.21 bits per heavy atom. The van der Waals surface area contributed by atoms with Crippen LogP contribution in [0.25, 0.3) is 0 Å². The van der Waals surface area contributed by atoms with Gasteiger partial charge in [-0.1, -0.05) is 6.42 Å². The zero-order chi connectivity index (χ0) is 13.7. The highest BCUT2D eigenvalue weighted by Gasteiger charge is 2.18. The third-order valence-corrected chi connectivity index (χ3v) is 3.48. The highest BCUT2D eigenvalue weighted by molar-refractivity contribution is 5.85. The lowest BCUT2D eigenvalue weighted by Gasteiger charge is -2.26. The molecule has 6 heteroatoms. The van der Waals surface area contributed by atoms with E-state index in [0.29, 0.717) is 12.4 Å². The molecule has 1 saturated heterocycles. The van der Waals surface area contributed by atoms with Gasteiger partial charge in [-0.25, -0.2) is 4.79 Å². The van der Waals surface area contributed by atoms with E-state index in [2.05, 4.69) is 15.1 Å². The van der Waals surface area contributed by atoms with Crippen LogP contribution in [0.15, 0.2) is 0 Å². The fourth-order valence-electron chi connectivity index (χ4n) is 2.42. The molecule has 2 rings (SSSR count). The number of esters is 1. The van der Waals surface area contributed by atoms with Crippen LogP contribution in [-0.4, -0.2) is 51.9 Å². The second-order valence-corrected chi connectivity index (χ2v) is 4.85. The first-order valence-corrected chi connectivity index (χ1v) is 7.01. The summed E-state index contributed by atoms with van der Waals surface area (Å²) in [7, 11) is 0. The van der Waals surface area contributed by atoms with Gasteiger partial charge in [-0.05, 0) is 39.8 Å². The van der Waals surface area contributed by atoms with Gasteiger partial charge < -0.3 is 14.2 Å². The number of aryl methyl sites for hydroxylation is 1. The highest BCUT2D eigenvalue weighted by atomic mass is 16.5. The van der Waals surface area contributed by atoms with E-state index in [0.717, 1.165) is 32.0 Å². The van der Waals surface area contributed by atoms with E-state index in [9.17, 15) is 4.79 Å². The molecule has 1 aliphatic rings. The molecule has 6 nitrogen and oxygen atoms in total. The first kappa shape index (κ1) is 14.0. The number of carbonyl (C=O) groups excluding carboxylic acids is 1. The zero-order valence-electron chi connectivity index (χ0n) is 11.8.